The maximum Gasteiger partial charge on any atom is 0.265 e. The molecule has 4 rings (SSSR count). The van der Waals surface area contributed by atoms with Crippen LogP contribution in [-0.4, -0.2) is 32.6 Å². The van der Waals surface area contributed by atoms with Crippen LogP contribution in [0.3, 0.4) is 0 Å². The summed E-state index contributed by atoms with van der Waals surface area (Å²) in [6.45, 7) is 2.00. The number of carbonyl (C=O) groups is 1. The van der Waals surface area contributed by atoms with Gasteiger partial charge in [0.15, 0.2) is 0 Å². The summed E-state index contributed by atoms with van der Waals surface area (Å²) in [4.78, 5) is 19.3. The molecule has 2 aromatic carbocycles. The molecule has 0 spiro atoms. The fourth-order valence-electron chi connectivity index (χ4n) is 2.96. The van der Waals surface area contributed by atoms with E-state index in [-0.39, 0.29) is 11.9 Å². The van der Waals surface area contributed by atoms with E-state index in [1.807, 2.05) is 55.5 Å². The summed E-state index contributed by atoms with van der Waals surface area (Å²) in [5.41, 5.74) is 1.96. The molecule has 0 bridgehead atoms. The van der Waals surface area contributed by atoms with Crippen molar-refractivity contribution in [2.24, 2.45) is 0 Å². The molecule has 136 valence electrons. The highest BCUT2D eigenvalue weighted by Gasteiger charge is 2.24. The van der Waals surface area contributed by atoms with Gasteiger partial charge in [0, 0.05) is 17.1 Å². The number of aromatic nitrogens is 3. The fraction of sp³-hybridized carbons (Fsp3) is 0.150. The molecule has 1 amide bonds. The third kappa shape index (κ3) is 3.22. The highest BCUT2D eigenvalue weighted by atomic mass is 35.5. The lowest BCUT2D eigenvalue weighted by Crippen LogP contribution is -2.29. The summed E-state index contributed by atoms with van der Waals surface area (Å²) in [7, 11) is 1.80. The standard InChI is InChI=1S/C20H17ClN4OS/c1-13(14-7-9-15(10-8-14)25-12-22-11-23-25)24(2)20(26)19-18(21)16-5-3-4-6-17(16)27-19/h3-13H,1-2H3/t13-/m1/s1. The van der Waals surface area contributed by atoms with E-state index in [2.05, 4.69) is 10.1 Å². The predicted molar refractivity (Wildman–Crippen MR) is 109 cm³/mol. The molecule has 7 heteroatoms. The Labute approximate surface area is 165 Å². The van der Waals surface area contributed by atoms with Gasteiger partial charge in [-0.3, -0.25) is 4.79 Å². The molecule has 0 unspecified atom stereocenters. The SMILES string of the molecule is C[C@H](c1ccc(-n2cncn2)cc1)N(C)C(=O)c1sc2ccccc2c1Cl. The van der Waals surface area contributed by atoms with Gasteiger partial charge in [-0.1, -0.05) is 41.9 Å². The molecule has 0 aliphatic heterocycles. The first-order chi connectivity index (χ1) is 13.1. The van der Waals surface area contributed by atoms with Gasteiger partial charge in [0.05, 0.1) is 16.8 Å². The Kier molecular flexibility index (Phi) is 4.68. The third-order valence-electron chi connectivity index (χ3n) is 4.69. The van der Waals surface area contributed by atoms with Crippen LogP contribution < -0.4 is 0 Å². The van der Waals surface area contributed by atoms with E-state index in [0.29, 0.717) is 9.90 Å². The molecule has 5 nitrogen and oxygen atoms in total. The van der Waals surface area contributed by atoms with Gasteiger partial charge in [-0.2, -0.15) is 5.10 Å². The summed E-state index contributed by atoms with van der Waals surface area (Å²) < 4.78 is 2.71. The second kappa shape index (κ2) is 7.13. The molecule has 0 saturated carbocycles. The Morgan fingerprint density at radius 1 is 1.19 bits per heavy atom. The summed E-state index contributed by atoms with van der Waals surface area (Å²) in [5, 5.41) is 5.57. The van der Waals surface area contributed by atoms with Crippen LogP contribution >= 0.6 is 22.9 Å². The van der Waals surface area contributed by atoms with Gasteiger partial charge < -0.3 is 4.90 Å². The van der Waals surface area contributed by atoms with Gasteiger partial charge >= 0.3 is 0 Å². The van der Waals surface area contributed by atoms with E-state index in [0.717, 1.165) is 21.3 Å². The van der Waals surface area contributed by atoms with Crippen molar-refractivity contribution in [3.63, 3.8) is 0 Å². The van der Waals surface area contributed by atoms with Gasteiger partial charge in [-0.15, -0.1) is 11.3 Å². The van der Waals surface area contributed by atoms with Crippen LogP contribution in [0.5, 0.6) is 0 Å². The molecule has 27 heavy (non-hydrogen) atoms. The summed E-state index contributed by atoms with van der Waals surface area (Å²) >= 11 is 7.90. The largest absolute Gasteiger partial charge is 0.334 e. The number of thiophene rings is 1. The van der Waals surface area contributed by atoms with E-state index >= 15 is 0 Å². The zero-order chi connectivity index (χ0) is 19.0. The van der Waals surface area contributed by atoms with Crippen LogP contribution in [-0.2, 0) is 0 Å². The fourth-order valence-corrected chi connectivity index (χ4v) is 4.45. The Balaban J connectivity index is 1.58. The molecule has 0 fully saturated rings. The highest BCUT2D eigenvalue weighted by Crippen LogP contribution is 2.36. The third-order valence-corrected chi connectivity index (χ3v) is 6.35. The molecule has 2 aromatic heterocycles. The number of nitrogens with zero attached hydrogens (tertiary/aromatic N) is 4. The Bertz CT molecular complexity index is 1090. The zero-order valence-corrected chi connectivity index (χ0v) is 16.4. The average molecular weight is 397 g/mol. The number of rotatable bonds is 4. The van der Waals surface area contributed by atoms with Crippen LogP contribution in [0.2, 0.25) is 5.02 Å². The van der Waals surface area contributed by atoms with Crippen molar-refractivity contribution in [2.45, 2.75) is 13.0 Å². The smallest absolute Gasteiger partial charge is 0.265 e. The van der Waals surface area contributed by atoms with E-state index in [9.17, 15) is 4.79 Å². The van der Waals surface area contributed by atoms with Crippen molar-refractivity contribution in [3.8, 4) is 5.69 Å². The van der Waals surface area contributed by atoms with Crippen LogP contribution in [0.1, 0.15) is 28.2 Å². The Morgan fingerprint density at radius 3 is 2.59 bits per heavy atom. The number of hydrogen-bond acceptors (Lipinski definition) is 4. The van der Waals surface area contributed by atoms with Gasteiger partial charge in [-0.05, 0) is 30.7 Å². The monoisotopic (exact) mass is 396 g/mol. The number of fused-ring (bicyclic) bond motifs is 1. The minimum Gasteiger partial charge on any atom is -0.334 e. The van der Waals surface area contributed by atoms with Crippen molar-refractivity contribution in [1.29, 1.82) is 0 Å². The average Bonchev–Trinajstić information content (AvgIpc) is 3.35. The molecular formula is C20H17ClN4OS. The first-order valence-electron chi connectivity index (χ1n) is 8.45. The highest BCUT2D eigenvalue weighted by molar-refractivity contribution is 7.21. The van der Waals surface area contributed by atoms with Gasteiger partial charge in [0.25, 0.3) is 5.91 Å². The maximum atomic E-state index is 13.0. The quantitative estimate of drug-likeness (QED) is 0.489. The minimum absolute atomic E-state index is 0.0750. The predicted octanol–water partition coefficient (Wildman–Crippen LogP) is 4.97. The second-order valence-electron chi connectivity index (χ2n) is 6.26. The molecule has 1 atom stereocenters. The minimum atomic E-state index is -0.0939. The normalized spacial score (nSPS) is 12.3. The molecule has 0 radical (unpaired) electrons. The maximum absolute atomic E-state index is 13.0. The number of hydrogen-bond donors (Lipinski definition) is 0. The molecule has 2 heterocycles. The first-order valence-corrected chi connectivity index (χ1v) is 9.65. The summed E-state index contributed by atoms with van der Waals surface area (Å²) in [6.07, 6.45) is 3.15. The lowest BCUT2D eigenvalue weighted by atomic mass is 10.1. The van der Waals surface area contributed by atoms with Gasteiger partial charge in [0.2, 0.25) is 0 Å². The van der Waals surface area contributed by atoms with E-state index in [1.165, 1.54) is 17.7 Å². The zero-order valence-electron chi connectivity index (χ0n) is 14.8. The number of carbonyl (C=O) groups excluding carboxylic acids is 1. The van der Waals surface area contributed by atoms with E-state index in [4.69, 9.17) is 11.6 Å². The summed E-state index contributed by atoms with van der Waals surface area (Å²) in [6, 6.07) is 15.6. The van der Waals surface area contributed by atoms with E-state index < -0.39 is 0 Å². The van der Waals surface area contributed by atoms with Crippen molar-refractivity contribution in [2.75, 3.05) is 7.05 Å². The molecular weight excluding hydrogens is 380 g/mol. The van der Waals surface area contributed by atoms with Crippen molar-refractivity contribution in [3.05, 3.63) is 76.6 Å². The van der Waals surface area contributed by atoms with Crippen molar-refractivity contribution >= 4 is 38.9 Å². The van der Waals surface area contributed by atoms with Crippen LogP contribution in [0, 0.1) is 0 Å². The molecule has 0 saturated heterocycles. The Hall–Kier alpha value is -2.70. The molecule has 4 aromatic rings. The number of halogens is 1. The topological polar surface area (TPSA) is 51.0 Å². The lowest BCUT2D eigenvalue weighted by molar-refractivity contribution is 0.0748. The second-order valence-corrected chi connectivity index (χ2v) is 7.70. The van der Waals surface area contributed by atoms with Crippen LogP contribution in [0.25, 0.3) is 15.8 Å². The van der Waals surface area contributed by atoms with Crippen molar-refractivity contribution in [1.82, 2.24) is 19.7 Å². The molecule has 0 N–H and O–H groups in total. The Morgan fingerprint density at radius 2 is 1.93 bits per heavy atom. The number of benzene rings is 2. The molecule has 0 aliphatic rings. The van der Waals surface area contributed by atoms with Gasteiger partial charge in [0.1, 0.15) is 17.5 Å². The number of amides is 1. The molecule has 0 aliphatic carbocycles. The van der Waals surface area contributed by atoms with Crippen LogP contribution in [0.15, 0.2) is 61.2 Å². The van der Waals surface area contributed by atoms with Gasteiger partial charge in [-0.25, -0.2) is 9.67 Å². The first kappa shape index (κ1) is 17.7. The summed E-state index contributed by atoms with van der Waals surface area (Å²) in [5.74, 6) is -0.0750. The van der Waals surface area contributed by atoms with Crippen molar-refractivity contribution < 1.29 is 4.79 Å². The lowest BCUT2D eigenvalue weighted by Gasteiger charge is -2.25. The van der Waals surface area contributed by atoms with E-state index in [1.54, 1.807) is 23.0 Å². The van der Waals surface area contributed by atoms with Crippen LogP contribution in [0.4, 0.5) is 0 Å².